The standard InChI is InChI=1S/C13H19FN2O2/c1-9(2)16-13(18)3-4-15-8-10-5-11(14)7-12(17)6-10/h5-7,9,15,17H,3-4,8H2,1-2H3,(H,16,18). The molecule has 1 aromatic rings. The summed E-state index contributed by atoms with van der Waals surface area (Å²) in [5, 5.41) is 15.0. The lowest BCUT2D eigenvalue weighted by molar-refractivity contribution is -0.121. The van der Waals surface area contributed by atoms with Gasteiger partial charge in [-0.1, -0.05) is 0 Å². The van der Waals surface area contributed by atoms with Gasteiger partial charge in [-0.15, -0.1) is 0 Å². The molecule has 0 aromatic heterocycles. The van der Waals surface area contributed by atoms with Crippen molar-refractivity contribution in [2.75, 3.05) is 6.54 Å². The van der Waals surface area contributed by atoms with Crippen LogP contribution in [0.3, 0.4) is 0 Å². The van der Waals surface area contributed by atoms with Crippen LogP contribution in [0.2, 0.25) is 0 Å². The van der Waals surface area contributed by atoms with Gasteiger partial charge in [0.2, 0.25) is 5.91 Å². The lowest BCUT2D eigenvalue weighted by atomic mass is 10.2. The first kappa shape index (κ1) is 14.4. The van der Waals surface area contributed by atoms with Gasteiger partial charge in [-0.05, 0) is 31.5 Å². The quantitative estimate of drug-likeness (QED) is 0.675. The molecule has 0 aliphatic carbocycles. The number of hydrogen-bond donors (Lipinski definition) is 3. The summed E-state index contributed by atoms with van der Waals surface area (Å²) in [6.07, 6.45) is 0.374. The van der Waals surface area contributed by atoms with E-state index in [0.29, 0.717) is 25.1 Å². The minimum atomic E-state index is -0.468. The molecule has 0 bridgehead atoms. The van der Waals surface area contributed by atoms with E-state index in [1.165, 1.54) is 12.1 Å². The highest BCUT2D eigenvalue weighted by Gasteiger charge is 2.03. The third-order valence-corrected chi connectivity index (χ3v) is 2.25. The average Bonchev–Trinajstić information content (AvgIpc) is 2.22. The van der Waals surface area contributed by atoms with Gasteiger partial charge < -0.3 is 15.7 Å². The topological polar surface area (TPSA) is 61.4 Å². The molecule has 0 atom stereocenters. The summed E-state index contributed by atoms with van der Waals surface area (Å²) < 4.78 is 13.0. The predicted octanol–water partition coefficient (Wildman–Crippen LogP) is 1.54. The molecular formula is C13H19FN2O2. The summed E-state index contributed by atoms with van der Waals surface area (Å²) in [6.45, 7) is 4.73. The van der Waals surface area contributed by atoms with Crippen molar-refractivity contribution in [1.82, 2.24) is 10.6 Å². The second kappa shape index (κ2) is 6.96. The van der Waals surface area contributed by atoms with E-state index in [4.69, 9.17) is 0 Å². The Labute approximate surface area is 106 Å². The summed E-state index contributed by atoms with van der Waals surface area (Å²) in [7, 11) is 0. The van der Waals surface area contributed by atoms with Crippen LogP contribution in [0.25, 0.3) is 0 Å². The molecule has 18 heavy (non-hydrogen) atoms. The number of carbonyl (C=O) groups is 1. The van der Waals surface area contributed by atoms with E-state index in [2.05, 4.69) is 10.6 Å². The van der Waals surface area contributed by atoms with E-state index in [0.717, 1.165) is 6.07 Å². The number of halogens is 1. The number of hydrogen-bond acceptors (Lipinski definition) is 3. The number of aromatic hydroxyl groups is 1. The van der Waals surface area contributed by atoms with Crippen LogP contribution >= 0.6 is 0 Å². The Bertz CT molecular complexity index is 388. The summed E-state index contributed by atoms with van der Waals surface area (Å²) in [6, 6.07) is 4.03. The molecule has 4 nitrogen and oxygen atoms in total. The summed E-state index contributed by atoms with van der Waals surface area (Å²) in [4.78, 5) is 11.3. The molecule has 0 saturated carbocycles. The lowest BCUT2D eigenvalue weighted by Gasteiger charge is -2.09. The molecule has 0 heterocycles. The van der Waals surface area contributed by atoms with Gasteiger partial charge in [0.05, 0.1) is 0 Å². The van der Waals surface area contributed by atoms with Crippen LogP contribution in [0.5, 0.6) is 5.75 Å². The Morgan fingerprint density at radius 3 is 2.72 bits per heavy atom. The Morgan fingerprint density at radius 2 is 2.11 bits per heavy atom. The third kappa shape index (κ3) is 5.63. The maximum absolute atomic E-state index is 13.0. The van der Waals surface area contributed by atoms with Gasteiger partial charge in [0, 0.05) is 31.6 Å². The van der Waals surface area contributed by atoms with E-state index >= 15 is 0 Å². The zero-order chi connectivity index (χ0) is 13.5. The highest BCUT2D eigenvalue weighted by atomic mass is 19.1. The molecule has 100 valence electrons. The van der Waals surface area contributed by atoms with Crippen LogP contribution in [0.1, 0.15) is 25.8 Å². The number of phenols is 1. The first-order chi connectivity index (χ1) is 8.47. The Kier molecular flexibility index (Phi) is 5.58. The van der Waals surface area contributed by atoms with E-state index < -0.39 is 5.82 Å². The van der Waals surface area contributed by atoms with Crippen molar-refractivity contribution in [3.63, 3.8) is 0 Å². The number of rotatable bonds is 6. The van der Waals surface area contributed by atoms with Gasteiger partial charge in [-0.3, -0.25) is 4.79 Å². The molecule has 0 fully saturated rings. The monoisotopic (exact) mass is 254 g/mol. The van der Waals surface area contributed by atoms with E-state index in [1.807, 2.05) is 13.8 Å². The number of carbonyl (C=O) groups excluding carboxylic acids is 1. The minimum absolute atomic E-state index is 0.0143. The van der Waals surface area contributed by atoms with Crippen molar-refractivity contribution in [1.29, 1.82) is 0 Å². The largest absolute Gasteiger partial charge is 0.508 e. The van der Waals surface area contributed by atoms with Crippen LogP contribution in [-0.4, -0.2) is 23.6 Å². The summed E-state index contributed by atoms with van der Waals surface area (Å²) in [5.41, 5.74) is 0.650. The molecule has 1 aromatic carbocycles. The van der Waals surface area contributed by atoms with Crippen molar-refractivity contribution < 1.29 is 14.3 Å². The molecule has 0 radical (unpaired) electrons. The molecule has 0 spiro atoms. The van der Waals surface area contributed by atoms with Crippen molar-refractivity contribution in [3.8, 4) is 5.75 Å². The number of nitrogens with one attached hydrogen (secondary N) is 2. The molecule has 0 aliphatic rings. The van der Waals surface area contributed by atoms with Crippen LogP contribution in [0.15, 0.2) is 18.2 Å². The highest BCUT2D eigenvalue weighted by Crippen LogP contribution is 2.14. The number of amides is 1. The maximum atomic E-state index is 13.0. The van der Waals surface area contributed by atoms with Crippen molar-refractivity contribution in [2.24, 2.45) is 0 Å². The first-order valence-electron chi connectivity index (χ1n) is 5.96. The molecule has 5 heteroatoms. The summed E-state index contributed by atoms with van der Waals surface area (Å²) >= 11 is 0. The molecule has 0 aliphatic heterocycles. The minimum Gasteiger partial charge on any atom is -0.508 e. The second-order valence-electron chi connectivity index (χ2n) is 4.47. The second-order valence-corrected chi connectivity index (χ2v) is 4.47. The summed E-state index contributed by atoms with van der Waals surface area (Å²) in [5.74, 6) is -0.576. The third-order valence-electron chi connectivity index (χ3n) is 2.25. The number of phenolic OH excluding ortho intramolecular Hbond substituents is 1. The molecule has 1 amide bonds. The Balaban J connectivity index is 2.27. The molecular weight excluding hydrogens is 235 g/mol. The van der Waals surface area contributed by atoms with Gasteiger partial charge in [-0.2, -0.15) is 0 Å². The van der Waals surface area contributed by atoms with Crippen LogP contribution in [0, 0.1) is 5.82 Å². The normalized spacial score (nSPS) is 10.7. The fourth-order valence-corrected chi connectivity index (χ4v) is 1.56. The van der Waals surface area contributed by atoms with Crippen molar-refractivity contribution in [3.05, 3.63) is 29.6 Å². The maximum Gasteiger partial charge on any atom is 0.221 e. The molecule has 3 N–H and O–H groups in total. The van der Waals surface area contributed by atoms with Crippen LogP contribution in [-0.2, 0) is 11.3 Å². The van der Waals surface area contributed by atoms with Crippen LogP contribution < -0.4 is 10.6 Å². The molecule has 1 rings (SSSR count). The van der Waals surface area contributed by atoms with Gasteiger partial charge in [0.25, 0.3) is 0 Å². The van der Waals surface area contributed by atoms with E-state index in [-0.39, 0.29) is 17.7 Å². The van der Waals surface area contributed by atoms with Gasteiger partial charge >= 0.3 is 0 Å². The smallest absolute Gasteiger partial charge is 0.221 e. The van der Waals surface area contributed by atoms with Crippen molar-refractivity contribution in [2.45, 2.75) is 32.9 Å². The molecule has 0 unspecified atom stereocenters. The van der Waals surface area contributed by atoms with E-state index in [9.17, 15) is 14.3 Å². The van der Waals surface area contributed by atoms with Crippen LogP contribution in [0.4, 0.5) is 4.39 Å². The first-order valence-corrected chi connectivity index (χ1v) is 5.96. The van der Waals surface area contributed by atoms with Gasteiger partial charge in [-0.25, -0.2) is 4.39 Å². The van der Waals surface area contributed by atoms with E-state index in [1.54, 1.807) is 0 Å². The zero-order valence-corrected chi connectivity index (χ0v) is 10.7. The van der Waals surface area contributed by atoms with Gasteiger partial charge in [0.15, 0.2) is 0 Å². The fourth-order valence-electron chi connectivity index (χ4n) is 1.56. The average molecular weight is 254 g/mol. The zero-order valence-electron chi connectivity index (χ0n) is 10.7. The fraction of sp³-hybridized carbons (Fsp3) is 0.462. The lowest BCUT2D eigenvalue weighted by Crippen LogP contribution is -2.32. The Morgan fingerprint density at radius 1 is 1.39 bits per heavy atom. The number of benzene rings is 1. The van der Waals surface area contributed by atoms with Gasteiger partial charge in [0.1, 0.15) is 11.6 Å². The van der Waals surface area contributed by atoms with Crippen molar-refractivity contribution >= 4 is 5.91 Å². The highest BCUT2D eigenvalue weighted by molar-refractivity contribution is 5.76. The predicted molar refractivity (Wildman–Crippen MR) is 67.7 cm³/mol. The SMILES string of the molecule is CC(C)NC(=O)CCNCc1cc(O)cc(F)c1. The Hall–Kier alpha value is -1.62. The molecule has 0 saturated heterocycles.